The van der Waals surface area contributed by atoms with E-state index in [1.54, 1.807) is 6.07 Å². The first-order chi connectivity index (χ1) is 18.5. The minimum Gasteiger partial charge on any atom is -0.481 e. The number of carboxylic acids is 1. The second kappa shape index (κ2) is 14.3. The average Bonchev–Trinajstić information content (AvgIpc) is 3.47. The molecule has 1 aromatic rings. The summed E-state index contributed by atoms with van der Waals surface area (Å²) in [7, 11) is 0.624. The van der Waals surface area contributed by atoms with Crippen LogP contribution in [0.4, 0.5) is 0 Å². The van der Waals surface area contributed by atoms with Crippen molar-refractivity contribution >= 4 is 21.9 Å². The van der Waals surface area contributed by atoms with E-state index in [9.17, 15) is 23.1 Å². The molecule has 0 unspecified atom stereocenters. The van der Waals surface area contributed by atoms with Gasteiger partial charge in [0, 0.05) is 38.1 Å². The fraction of sp³-hybridized carbons (Fsp3) is 0.704. The Morgan fingerprint density at radius 2 is 1.79 bits per heavy atom. The van der Waals surface area contributed by atoms with Crippen LogP contribution in [-0.2, 0) is 19.6 Å². The Morgan fingerprint density at radius 1 is 1.10 bits per heavy atom. The predicted octanol–water partition coefficient (Wildman–Crippen LogP) is 1.79. The Labute approximate surface area is 232 Å². The molecule has 1 fully saturated rings. The molecule has 0 aliphatic carbocycles. The standard InChI is InChI=1S/C27H44N4O7S/c1-5-6-14-30(15-8-7-13-29(2)3)25(32)18-31-17-21(20-9-10-23-24(16-20)38-19-37-23)26(27(33)34)22(31)11-12-28-39(4,35)36/h9-10,16,21-22,26,28H,5-8,11-15,17-19H2,1-4H3,(H,33,34)/t21-,22+,26-/m1/s1. The van der Waals surface area contributed by atoms with Crippen molar-refractivity contribution in [1.82, 2.24) is 19.4 Å². The van der Waals surface area contributed by atoms with Gasteiger partial charge in [-0.1, -0.05) is 19.4 Å². The fourth-order valence-electron chi connectivity index (χ4n) is 5.44. The quantitative estimate of drug-likeness (QED) is 0.287. The number of carboxylic acid groups (broad SMARTS) is 1. The lowest BCUT2D eigenvalue weighted by molar-refractivity contribution is -0.143. The summed E-state index contributed by atoms with van der Waals surface area (Å²) in [6.45, 7) is 5.04. The molecule has 0 radical (unpaired) electrons. The monoisotopic (exact) mass is 568 g/mol. The number of nitrogens with zero attached hydrogens (tertiary/aromatic N) is 3. The molecule has 1 aromatic carbocycles. The van der Waals surface area contributed by atoms with E-state index in [1.165, 1.54) is 0 Å². The highest BCUT2D eigenvalue weighted by molar-refractivity contribution is 7.88. The maximum absolute atomic E-state index is 13.6. The molecule has 1 amide bonds. The molecule has 0 bridgehead atoms. The van der Waals surface area contributed by atoms with Crippen LogP contribution in [0.2, 0.25) is 0 Å². The van der Waals surface area contributed by atoms with Crippen LogP contribution in [0, 0.1) is 5.92 Å². The molecule has 2 heterocycles. The zero-order valence-electron chi connectivity index (χ0n) is 23.6. The average molecular weight is 569 g/mol. The number of carbonyl (C=O) groups excluding carboxylic acids is 1. The van der Waals surface area contributed by atoms with Gasteiger partial charge >= 0.3 is 5.97 Å². The van der Waals surface area contributed by atoms with E-state index in [0.717, 1.165) is 44.0 Å². The fourth-order valence-corrected chi connectivity index (χ4v) is 5.93. The molecule has 1 saturated heterocycles. The number of amides is 1. The highest BCUT2D eigenvalue weighted by Crippen LogP contribution is 2.42. The number of nitrogens with one attached hydrogen (secondary N) is 1. The van der Waals surface area contributed by atoms with E-state index in [0.29, 0.717) is 31.1 Å². The van der Waals surface area contributed by atoms with Crippen LogP contribution in [0.25, 0.3) is 0 Å². The van der Waals surface area contributed by atoms with E-state index in [4.69, 9.17) is 9.47 Å². The van der Waals surface area contributed by atoms with Crippen LogP contribution in [0.3, 0.4) is 0 Å². The summed E-state index contributed by atoms with van der Waals surface area (Å²) >= 11 is 0. The normalized spacial score (nSPS) is 21.0. The Kier molecular flexibility index (Phi) is 11.4. The van der Waals surface area contributed by atoms with Crippen molar-refractivity contribution in [2.45, 2.75) is 51.0 Å². The number of ether oxygens (including phenoxy) is 2. The van der Waals surface area contributed by atoms with Crippen molar-refractivity contribution in [2.75, 3.05) is 66.4 Å². The molecule has 2 aliphatic heterocycles. The number of unbranched alkanes of at least 4 members (excludes halogenated alkanes) is 2. The molecule has 11 nitrogen and oxygen atoms in total. The third kappa shape index (κ3) is 9.06. The minimum absolute atomic E-state index is 0.0233. The lowest BCUT2D eigenvalue weighted by Crippen LogP contribution is -2.45. The highest BCUT2D eigenvalue weighted by Gasteiger charge is 2.47. The zero-order valence-corrected chi connectivity index (χ0v) is 24.4. The van der Waals surface area contributed by atoms with Crippen molar-refractivity contribution in [3.8, 4) is 11.5 Å². The molecule has 2 aliphatic rings. The van der Waals surface area contributed by atoms with Gasteiger partial charge in [0.1, 0.15) is 0 Å². The summed E-state index contributed by atoms with van der Waals surface area (Å²) in [5, 5.41) is 10.3. The number of hydrogen-bond acceptors (Lipinski definition) is 8. The molecule has 0 aromatic heterocycles. The van der Waals surface area contributed by atoms with Gasteiger partial charge in [-0.15, -0.1) is 0 Å². The van der Waals surface area contributed by atoms with E-state index >= 15 is 0 Å². The van der Waals surface area contributed by atoms with Gasteiger partial charge in [-0.25, -0.2) is 13.1 Å². The Hall–Kier alpha value is -2.41. The largest absolute Gasteiger partial charge is 0.481 e. The number of carbonyl (C=O) groups is 2. The highest BCUT2D eigenvalue weighted by atomic mass is 32.2. The smallest absolute Gasteiger partial charge is 0.308 e. The summed E-state index contributed by atoms with van der Waals surface area (Å²) in [5.74, 6) is -1.01. The first-order valence-electron chi connectivity index (χ1n) is 13.7. The van der Waals surface area contributed by atoms with Crippen molar-refractivity contribution in [3.05, 3.63) is 23.8 Å². The van der Waals surface area contributed by atoms with E-state index in [-0.39, 0.29) is 32.2 Å². The third-order valence-electron chi connectivity index (χ3n) is 7.42. The number of likely N-dealkylation sites (tertiary alicyclic amines) is 1. The van der Waals surface area contributed by atoms with Crippen molar-refractivity contribution in [1.29, 1.82) is 0 Å². The topological polar surface area (TPSA) is 129 Å². The number of hydrogen-bond donors (Lipinski definition) is 2. The Morgan fingerprint density at radius 3 is 2.46 bits per heavy atom. The van der Waals surface area contributed by atoms with Crippen LogP contribution < -0.4 is 14.2 Å². The van der Waals surface area contributed by atoms with Gasteiger partial charge in [-0.05, 0) is 64.0 Å². The maximum atomic E-state index is 13.6. The van der Waals surface area contributed by atoms with Crippen LogP contribution >= 0.6 is 0 Å². The summed E-state index contributed by atoms with van der Waals surface area (Å²) in [6.07, 6.45) is 5.11. The lowest BCUT2D eigenvalue weighted by Gasteiger charge is -2.30. The molecule has 0 spiro atoms. The van der Waals surface area contributed by atoms with Crippen LogP contribution in [-0.4, -0.2) is 113 Å². The van der Waals surface area contributed by atoms with E-state index in [2.05, 4.69) is 16.5 Å². The van der Waals surface area contributed by atoms with Gasteiger partial charge in [0.05, 0.1) is 18.7 Å². The second-order valence-electron chi connectivity index (χ2n) is 10.8. The van der Waals surface area contributed by atoms with Crippen LogP contribution in [0.1, 0.15) is 50.5 Å². The van der Waals surface area contributed by atoms with Crippen molar-refractivity contribution < 1.29 is 32.6 Å². The van der Waals surface area contributed by atoms with E-state index in [1.807, 2.05) is 36.0 Å². The molecule has 220 valence electrons. The maximum Gasteiger partial charge on any atom is 0.308 e. The molecular weight excluding hydrogens is 524 g/mol. The van der Waals surface area contributed by atoms with Crippen molar-refractivity contribution in [2.24, 2.45) is 5.92 Å². The molecule has 3 atom stereocenters. The predicted molar refractivity (Wildman–Crippen MR) is 149 cm³/mol. The number of sulfonamides is 1. The first kappa shape index (κ1) is 31.1. The second-order valence-corrected chi connectivity index (χ2v) is 12.6. The van der Waals surface area contributed by atoms with Crippen molar-refractivity contribution in [3.63, 3.8) is 0 Å². The Balaban J connectivity index is 1.81. The van der Waals surface area contributed by atoms with Gasteiger partial charge in [-0.3, -0.25) is 14.5 Å². The summed E-state index contributed by atoms with van der Waals surface area (Å²) in [5.41, 5.74) is 0.800. The number of rotatable bonds is 16. The van der Waals surface area contributed by atoms with Gasteiger partial charge in [0.15, 0.2) is 11.5 Å². The first-order valence-corrected chi connectivity index (χ1v) is 15.6. The summed E-state index contributed by atoms with van der Waals surface area (Å²) < 4.78 is 36.8. The van der Waals surface area contributed by atoms with Gasteiger partial charge in [0.2, 0.25) is 22.7 Å². The van der Waals surface area contributed by atoms with Crippen LogP contribution in [0.5, 0.6) is 11.5 Å². The Bertz CT molecular complexity index is 1080. The summed E-state index contributed by atoms with van der Waals surface area (Å²) in [4.78, 5) is 32.1. The number of aliphatic carboxylic acids is 1. The van der Waals surface area contributed by atoms with E-state index < -0.39 is 33.9 Å². The molecule has 2 N–H and O–H groups in total. The SMILES string of the molecule is CCCCN(CCCCN(C)C)C(=O)CN1C[C@H](c2ccc3c(c2)OCO3)[C@@H](C(=O)O)[C@@H]1CCNS(C)(=O)=O. The minimum atomic E-state index is -3.43. The summed E-state index contributed by atoms with van der Waals surface area (Å²) in [6, 6.07) is 4.94. The molecule has 0 saturated carbocycles. The van der Waals surface area contributed by atoms with Crippen LogP contribution in [0.15, 0.2) is 18.2 Å². The number of fused-ring (bicyclic) bond motifs is 1. The third-order valence-corrected chi connectivity index (χ3v) is 8.15. The molecule has 39 heavy (non-hydrogen) atoms. The van der Waals surface area contributed by atoms with Gasteiger partial charge < -0.3 is 24.4 Å². The zero-order chi connectivity index (χ0) is 28.6. The lowest BCUT2D eigenvalue weighted by atomic mass is 9.84. The molecular formula is C27H44N4O7S. The molecule has 3 rings (SSSR count). The van der Waals surface area contributed by atoms with Gasteiger partial charge in [-0.2, -0.15) is 0 Å². The number of benzene rings is 1. The van der Waals surface area contributed by atoms with Gasteiger partial charge in [0.25, 0.3) is 0 Å². The molecule has 12 heteroatoms.